The van der Waals surface area contributed by atoms with Crippen LogP contribution in [-0.2, 0) is 25.7 Å². The number of benzene rings is 1. The fourth-order valence-corrected chi connectivity index (χ4v) is 1.36. The van der Waals surface area contributed by atoms with E-state index in [1.54, 1.807) is 12.1 Å². The molecule has 1 aromatic carbocycles. The average Bonchev–Trinajstić information content (AvgIpc) is 2.67. The predicted octanol–water partition coefficient (Wildman–Crippen LogP) is 0.313. The molecule has 0 aromatic heterocycles. The minimum atomic E-state index is -0.794. The zero-order valence-electron chi connectivity index (χ0n) is 8.80. The molecule has 1 aromatic rings. The Bertz CT molecular complexity index is 504. The number of esters is 1. The van der Waals surface area contributed by atoms with Gasteiger partial charge in [-0.2, -0.15) is 0 Å². The van der Waals surface area contributed by atoms with Crippen molar-refractivity contribution in [2.45, 2.75) is 6.61 Å². The van der Waals surface area contributed by atoms with Crippen LogP contribution >= 0.6 is 0 Å². The number of hydrogen-bond acceptors (Lipinski definition) is 4. The molecule has 2 amide bonds. The summed E-state index contributed by atoms with van der Waals surface area (Å²) in [5.41, 5.74) is 0.553. The Labute approximate surface area is 97.1 Å². The summed E-state index contributed by atoms with van der Waals surface area (Å²) in [6, 6.07) is 9.06. The van der Waals surface area contributed by atoms with Crippen LogP contribution in [0.5, 0.6) is 0 Å². The Kier molecular flexibility index (Phi) is 3.00. The first-order valence-corrected chi connectivity index (χ1v) is 4.95. The summed E-state index contributed by atoms with van der Waals surface area (Å²) in [5, 5.41) is 1.97. The fraction of sp³-hybridized carbons (Fsp3) is 0.0833. The number of rotatable bonds is 3. The zero-order valence-corrected chi connectivity index (χ0v) is 8.80. The molecule has 0 aliphatic carbocycles. The predicted molar refractivity (Wildman–Crippen MR) is 57.5 cm³/mol. The van der Waals surface area contributed by atoms with Crippen LogP contribution in [0.1, 0.15) is 5.56 Å². The average molecular weight is 231 g/mol. The van der Waals surface area contributed by atoms with Crippen molar-refractivity contribution < 1.29 is 19.1 Å². The molecular weight excluding hydrogens is 222 g/mol. The first-order chi connectivity index (χ1) is 8.16. The van der Waals surface area contributed by atoms with Crippen molar-refractivity contribution in [2.75, 3.05) is 0 Å². The summed E-state index contributed by atoms with van der Waals surface area (Å²) < 4.78 is 4.91. The Morgan fingerprint density at radius 3 is 2.47 bits per heavy atom. The van der Waals surface area contributed by atoms with E-state index in [4.69, 9.17) is 4.74 Å². The van der Waals surface area contributed by atoms with Crippen molar-refractivity contribution in [2.24, 2.45) is 0 Å². The molecule has 86 valence electrons. The summed E-state index contributed by atoms with van der Waals surface area (Å²) >= 11 is 0. The zero-order chi connectivity index (χ0) is 12.3. The Hall–Kier alpha value is -2.43. The van der Waals surface area contributed by atoms with Crippen molar-refractivity contribution in [3.8, 4) is 0 Å². The smallest absolute Gasteiger partial charge is 0.344 e. The standard InChI is InChI=1S/C12H9NO4/c14-10-6-9(11(15)13-10)12(16)17-7-8-4-2-1-3-5-8/h1-6H,7H2,(H,13,14,15). The summed E-state index contributed by atoms with van der Waals surface area (Å²) in [7, 11) is 0. The second kappa shape index (κ2) is 4.61. The van der Waals surface area contributed by atoms with Crippen LogP contribution < -0.4 is 5.32 Å². The van der Waals surface area contributed by atoms with Crippen LogP contribution in [-0.4, -0.2) is 17.8 Å². The highest BCUT2D eigenvalue weighted by molar-refractivity contribution is 6.28. The van der Waals surface area contributed by atoms with E-state index < -0.39 is 17.8 Å². The third-order valence-corrected chi connectivity index (χ3v) is 2.19. The molecule has 0 atom stereocenters. The molecule has 0 saturated heterocycles. The summed E-state index contributed by atoms with van der Waals surface area (Å²) in [6.07, 6.45) is 0.940. The van der Waals surface area contributed by atoms with Crippen LogP contribution in [0.25, 0.3) is 0 Å². The van der Waals surface area contributed by atoms with Gasteiger partial charge < -0.3 is 4.74 Å². The number of imide groups is 1. The molecule has 0 fully saturated rings. The van der Waals surface area contributed by atoms with E-state index in [2.05, 4.69) is 0 Å². The summed E-state index contributed by atoms with van der Waals surface area (Å²) in [5.74, 6) is -2.10. The molecule has 0 bridgehead atoms. The molecule has 1 aliphatic rings. The van der Waals surface area contributed by atoms with Crippen LogP contribution in [0, 0.1) is 0 Å². The van der Waals surface area contributed by atoms with Crippen LogP contribution in [0.15, 0.2) is 42.0 Å². The molecule has 0 saturated carbocycles. The van der Waals surface area contributed by atoms with E-state index in [1.807, 2.05) is 23.5 Å². The highest BCUT2D eigenvalue weighted by Gasteiger charge is 2.27. The molecule has 1 aliphatic heterocycles. The molecule has 1 heterocycles. The number of hydrogen-bond donors (Lipinski definition) is 1. The minimum absolute atomic E-state index is 0.0679. The third kappa shape index (κ3) is 2.57. The van der Waals surface area contributed by atoms with Crippen LogP contribution in [0.2, 0.25) is 0 Å². The van der Waals surface area contributed by atoms with E-state index in [0.29, 0.717) is 0 Å². The molecule has 5 nitrogen and oxygen atoms in total. The Morgan fingerprint density at radius 1 is 1.18 bits per heavy atom. The molecule has 2 rings (SSSR count). The lowest BCUT2D eigenvalue weighted by Gasteiger charge is -2.03. The first kappa shape index (κ1) is 11.1. The van der Waals surface area contributed by atoms with Crippen molar-refractivity contribution in [3.63, 3.8) is 0 Å². The van der Waals surface area contributed by atoms with Gasteiger partial charge in [0.25, 0.3) is 11.8 Å². The number of nitrogens with one attached hydrogen (secondary N) is 1. The minimum Gasteiger partial charge on any atom is -0.457 e. The van der Waals surface area contributed by atoms with Crippen molar-refractivity contribution >= 4 is 17.8 Å². The normalized spacial score (nSPS) is 14.2. The topological polar surface area (TPSA) is 72.5 Å². The van der Waals surface area contributed by atoms with Gasteiger partial charge in [0.2, 0.25) is 0 Å². The molecule has 0 unspecified atom stereocenters. The molecule has 0 spiro atoms. The summed E-state index contributed by atoms with van der Waals surface area (Å²) in [6.45, 7) is 0.0679. The van der Waals surface area contributed by atoms with Crippen LogP contribution in [0.4, 0.5) is 0 Å². The highest BCUT2D eigenvalue weighted by atomic mass is 16.5. The molecule has 5 heteroatoms. The number of ether oxygens (including phenoxy) is 1. The van der Waals surface area contributed by atoms with E-state index >= 15 is 0 Å². The van der Waals surface area contributed by atoms with E-state index in [9.17, 15) is 14.4 Å². The molecular formula is C12H9NO4. The molecule has 17 heavy (non-hydrogen) atoms. The lowest BCUT2D eigenvalue weighted by molar-refractivity contribution is -0.141. The maximum absolute atomic E-state index is 11.5. The lowest BCUT2D eigenvalue weighted by atomic mass is 10.2. The first-order valence-electron chi connectivity index (χ1n) is 4.95. The van der Waals surface area contributed by atoms with Crippen molar-refractivity contribution in [3.05, 3.63) is 47.5 Å². The Morgan fingerprint density at radius 2 is 1.88 bits per heavy atom. The van der Waals surface area contributed by atoms with Crippen molar-refractivity contribution in [1.29, 1.82) is 0 Å². The SMILES string of the molecule is O=C1C=C(C(=O)OCc2ccccc2)C(=O)N1. The monoisotopic (exact) mass is 231 g/mol. The number of amides is 2. The van der Waals surface area contributed by atoms with E-state index in [1.165, 1.54) is 0 Å². The summed E-state index contributed by atoms with van der Waals surface area (Å²) in [4.78, 5) is 33.4. The second-order valence-corrected chi connectivity index (χ2v) is 3.44. The van der Waals surface area contributed by atoms with E-state index in [0.717, 1.165) is 11.6 Å². The van der Waals surface area contributed by atoms with Crippen LogP contribution in [0.3, 0.4) is 0 Å². The second-order valence-electron chi connectivity index (χ2n) is 3.44. The van der Waals surface area contributed by atoms with Gasteiger partial charge in [0, 0.05) is 6.08 Å². The molecule has 0 radical (unpaired) electrons. The quantitative estimate of drug-likeness (QED) is 0.461. The maximum Gasteiger partial charge on any atom is 0.344 e. The number of carbonyl (C=O) groups is 3. The van der Waals surface area contributed by atoms with Gasteiger partial charge >= 0.3 is 5.97 Å². The largest absolute Gasteiger partial charge is 0.457 e. The lowest BCUT2D eigenvalue weighted by Crippen LogP contribution is -2.25. The van der Waals surface area contributed by atoms with Gasteiger partial charge in [-0.1, -0.05) is 30.3 Å². The van der Waals surface area contributed by atoms with Gasteiger partial charge in [-0.15, -0.1) is 0 Å². The van der Waals surface area contributed by atoms with Gasteiger partial charge in [0.05, 0.1) is 0 Å². The van der Waals surface area contributed by atoms with Gasteiger partial charge in [0.15, 0.2) is 0 Å². The Balaban J connectivity index is 1.97. The van der Waals surface area contributed by atoms with Gasteiger partial charge in [-0.3, -0.25) is 14.9 Å². The van der Waals surface area contributed by atoms with E-state index in [-0.39, 0.29) is 12.2 Å². The van der Waals surface area contributed by atoms with Gasteiger partial charge in [0.1, 0.15) is 12.2 Å². The highest BCUT2D eigenvalue weighted by Crippen LogP contribution is 2.07. The fourth-order valence-electron chi connectivity index (χ4n) is 1.36. The number of carbonyl (C=O) groups excluding carboxylic acids is 3. The maximum atomic E-state index is 11.5. The van der Waals surface area contributed by atoms with Crippen molar-refractivity contribution in [1.82, 2.24) is 5.32 Å². The van der Waals surface area contributed by atoms with Gasteiger partial charge in [-0.05, 0) is 5.56 Å². The van der Waals surface area contributed by atoms with Gasteiger partial charge in [-0.25, -0.2) is 4.79 Å². The third-order valence-electron chi connectivity index (χ3n) is 2.19. The molecule has 1 N–H and O–H groups in total.